The average Bonchev–Trinajstić information content (AvgIpc) is 3.23. The molecular weight excluding hydrogens is 272 g/mol. The van der Waals surface area contributed by atoms with Crippen LogP contribution >= 0.6 is 11.6 Å². The quantitative estimate of drug-likeness (QED) is 0.656. The van der Waals surface area contributed by atoms with Crippen molar-refractivity contribution in [2.75, 3.05) is 11.4 Å². The van der Waals surface area contributed by atoms with E-state index in [1.807, 2.05) is 30.5 Å². The number of pyridine rings is 1. The van der Waals surface area contributed by atoms with Gasteiger partial charge in [-0.3, -0.25) is 10.4 Å². The Morgan fingerprint density at radius 3 is 2.90 bits per heavy atom. The molecule has 1 aliphatic rings. The topological polar surface area (TPSA) is 66.0 Å². The van der Waals surface area contributed by atoms with Crippen molar-refractivity contribution in [1.29, 1.82) is 5.41 Å². The van der Waals surface area contributed by atoms with Gasteiger partial charge in [0.15, 0.2) is 0 Å². The van der Waals surface area contributed by atoms with E-state index in [0.29, 0.717) is 17.5 Å². The molecule has 5 heteroatoms. The number of nitrogens with one attached hydrogen (secondary N) is 1. The van der Waals surface area contributed by atoms with E-state index in [2.05, 4.69) is 9.88 Å². The Hall–Kier alpha value is -1.81. The van der Waals surface area contributed by atoms with Crippen LogP contribution < -0.4 is 10.6 Å². The number of hydrogen-bond donors (Lipinski definition) is 2. The Bertz CT molecular complexity index is 651. The van der Waals surface area contributed by atoms with Gasteiger partial charge in [-0.15, -0.1) is 0 Å². The lowest BCUT2D eigenvalue weighted by Gasteiger charge is -2.25. The molecule has 0 amide bonds. The van der Waals surface area contributed by atoms with Crippen molar-refractivity contribution in [2.24, 2.45) is 5.73 Å². The fraction of sp³-hybridized carbons (Fsp3) is 0.333. The third-order valence-electron chi connectivity index (χ3n) is 3.60. The zero-order valence-corrected chi connectivity index (χ0v) is 11.9. The van der Waals surface area contributed by atoms with Gasteiger partial charge < -0.3 is 10.6 Å². The fourth-order valence-electron chi connectivity index (χ4n) is 2.48. The van der Waals surface area contributed by atoms with Crippen LogP contribution in [-0.2, 0) is 0 Å². The number of aromatic nitrogens is 1. The maximum absolute atomic E-state index is 7.42. The van der Waals surface area contributed by atoms with Gasteiger partial charge in [0, 0.05) is 41.3 Å². The molecule has 3 rings (SSSR count). The zero-order chi connectivity index (χ0) is 14.1. The van der Waals surface area contributed by atoms with Crippen LogP contribution in [0.3, 0.4) is 0 Å². The number of nitrogens with zero attached hydrogens (tertiary/aromatic N) is 2. The molecule has 3 N–H and O–H groups in total. The van der Waals surface area contributed by atoms with Crippen LogP contribution in [-0.4, -0.2) is 23.4 Å². The molecule has 1 saturated carbocycles. The Balaban J connectivity index is 1.99. The Morgan fingerprint density at radius 2 is 2.20 bits per heavy atom. The molecule has 20 heavy (non-hydrogen) atoms. The molecule has 0 atom stereocenters. The normalized spacial score (nSPS) is 14.4. The van der Waals surface area contributed by atoms with Crippen LogP contribution in [0.2, 0.25) is 5.02 Å². The van der Waals surface area contributed by atoms with Crippen LogP contribution in [0.1, 0.15) is 19.3 Å². The van der Waals surface area contributed by atoms with E-state index in [9.17, 15) is 0 Å². The minimum absolute atomic E-state index is 0.233. The summed E-state index contributed by atoms with van der Waals surface area (Å²) in [6, 6.07) is 8.40. The van der Waals surface area contributed by atoms with E-state index >= 15 is 0 Å². The molecule has 0 unspecified atom stereocenters. The number of rotatable bonds is 5. The molecular formula is C15H17ClN4. The molecule has 0 saturated heterocycles. The molecule has 2 aromatic rings. The van der Waals surface area contributed by atoms with E-state index in [4.69, 9.17) is 22.7 Å². The largest absolute Gasteiger partial charge is 0.388 e. The van der Waals surface area contributed by atoms with Gasteiger partial charge in [0.05, 0.1) is 11.4 Å². The third kappa shape index (κ3) is 2.70. The predicted molar refractivity (Wildman–Crippen MR) is 83.7 cm³/mol. The maximum Gasteiger partial charge on any atom is 0.0923 e. The van der Waals surface area contributed by atoms with Crippen molar-refractivity contribution in [1.82, 2.24) is 4.98 Å². The molecule has 0 spiro atoms. The number of amidine groups is 1. The van der Waals surface area contributed by atoms with Crippen LogP contribution in [0.15, 0.2) is 30.5 Å². The van der Waals surface area contributed by atoms with E-state index in [-0.39, 0.29) is 5.84 Å². The number of halogens is 1. The highest BCUT2D eigenvalue weighted by Gasteiger charge is 2.30. The van der Waals surface area contributed by atoms with E-state index in [1.54, 1.807) is 0 Å². The first-order valence-corrected chi connectivity index (χ1v) is 7.17. The van der Waals surface area contributed by atoms with Gasteiger partial charge in [-0.2, -0.15) is 0 Å². The van der Waals surface area contributed by atoms with E-state index in [1.165, 1.54) is 12.8 Å². The van der Waals surface area contributed by atoms with Gasteiger partial charge in [0.25, 0.3) is 0 Å². The van der Waals surface area contributed by atoms with E-state index in [0.717, 1.165) is 23.1 Å². The second kappa shape index (κ2) is 5.29. The summed E-state index contributed by atoms with van der Waals surface area (Å²) in [5.41, 5.74) is 7.57. The lowest BCUT2D eigenvalue weighted by molar-refractivity contribution is 0.800. The number of fused-ring (bicyclic) bond motifs is 1. The van der Waals surface area contributed by atoms with Gasteiger partial charge in [0.1, 0.15) is 0 Å². The summed E-state index contributed by atoms with van der Waals surface area (Å²) in [5, 5.41) is 9.23. The minimum Gasteiger partial charge on any atom is -0.388 e. The molecule has 0 aliphatic heterocycles. The van der Waals surface area contributed by atoms with Crippen molar-refractivity contribution in [3.05, 3.63) is 35.5 Å². The van der Waals surface area contributed by atoms with Crippen LogP contribution in [0.25, 0.3) is 10.9 Å². The second-order valence-corrected chi connectivity index (χ2v) is 5.63. The van der Waals surface area contributed by atoms with Crippen LogP contribution in [0, 0.1) is 5.41 Å². The highest BCUT2D eigenvalue weighted by Crippen LogP contribution is 2.35. The molecule has 4 nitrogen and oxygen atoms in total. The highest BCUT2D eigenvalue weighted by molar-refractivity contribution is 6.31. The summed E-state index contributed by atoms with van der Waals surface area (Å²) in [5.74, 6) is 0.233. The van der Waals surface area contributed by atoms with Crippen molar-refractivity contribution in [2.45, 2.75) is 25.3 Å². The summed E-state index contributed by atoms with van der Waals surface area (Å²) in [7, 11) is 0. The van der Waals surface area contributed by atoms with Gasteiger partial charge in [-0.05, 0) is 37.1 Å². The molecule has 104 valence electrons. The van der Waals surface area contributed by atoms with Crippen molar-refractivity contribution >= 4 is 34.0 Å². The van der Waals surface area contributed by atoms with Crippen molar-refractivity contribution in [3.63, 3.8) is 0 Å². The summed E-state index contributed by atoms with van der Waals surface area (Å²) in [4.78, 5) is 6.73. The molecule has 0 radical (unpaired) electrons. The Kier molecular flexibility index (Phi) is 3.49. The van der Waals surface area contributed by atoms with Crippen LogP contribution in [0.5, 0.6) is 0 Å². The second-order valence-electron chi connectivity index (χ2n) is 5.19. The molecule has 0 bridgehead atoms. The highest BCUT2D eigenvalue weighted by atomic mass is 35.5. The van der Waals surface area contributed by atoms with Crippen molar-refractivity contribution < 1.29 is 0 Å². The summed E-state index contributed by atoms with van der Waals surface area (Å²) in [6.45, 7) is 0.780. The summed E-state index contributed by atoms with van der Waals surface area (Å²) >= 11 is 6.03. The average molecular weight is 289 g/mol. The maximum atomic E-state index is 7.42. The molecule has 1 aromatic carbocycles. The number of anilines is 1. The molecule has 1 heterocycles. The predicted octanol–water partition coefficient (Wildman–Crippen LogP) is 3.18. The monoisotopic (exact) mass is 288 g/mol. The first kappa shape index (κ1) is 13.2. The van der Waals surface area contributed by atoms with E-state index < -0.39 is 0 Å². The van der Waals surface area contributed by atoms with Gasteiger partial charge in [-0.1, -0.05) is 11.6 Å². The third-order valence-corrected chi connectivity index (χ3v) is 3.84. The Morgan fingerprint density at radius 1 is 1.40 bits per heavy atom. The summed E-state index contributed by atoms with van der Waals surface area (Å²) < 4.78 is 0. The van der Waals surface area contributed by atoms with Crippen molar-refractivity contribution in [3.8, 4) is 0 Å². The first-order chi connectivity index (χ1) is 9.65. The zero-order valence-electron chi connectivity index (χ0n) is 11.1. The minimum atomic E-state index is 0.233. The number of benzene rings is 1. The lowest BCUT2D eigenvalue weighted by Crippen LogP contribution is -2.30. The lowest BCUT2D eigenvalue weighted by atomic mass is 10.1. The standard InChI is InChI=1S/C15H17ClN4/c16-10-1-4-12-13(9-10)19-7-5-14(12)20(11-2-3-11)8-6-15(17)18/h1,4-5,7,9,11H,2-3,6,8H2,(H3,17,18). The van der Waals surface area contributed by atoms with Crippen LogP contribution in [0.4, 0.5) is 5.69 Å². The summed E-state index contributed by atoms with van der Waals surface area (Å²) in [6.07, 6.45) is 4.82. The SMILES string of the molecule is N=C(N)CCN(c1ccnc2cc(Cl)ccc12)C1CC1. The smallest absolute Gasteiger partial charge is 0.0923 e. The number of hydrogen-bond acceptors (Lipinski definition) is 3. The molecule has 1 aliphatic carbocycles. The fourth-order valence-corrected chi connectivity index (χ4v) is 2.65. The molecule has 1 aromatic heterocycles. The Labute approximate surface area is 123 Å². The first-order valence-electron chi connectivity index (χ1n) is 6.79. The van der Waals surface area contributed by atoms with Gasteiger partial charge in [0.2, 0.25) is 0 Å². The number of nitrogens with two attached hydrogens (primary N) is 1. The molecule has 1 fully saturated rings. The van der Waals surface area contributed by atoms with Gasteiger partial charge in [-0.25, -0.2) is 0 Å². The van der Waals surface area contributed by atoms with Gasteiger partial charge >= 0.3 is 0 Å².